The minimum absolute atomic E-state index is 0.0513. The number of rotatable bonds is 14. The summed E-state index contributed by atoms with van der Waals surface area (Å²) in [5, 5.41) is 3.16. The topological polar surface area (TPSA) is 114 Å². The van der Waals surface area contributed by atoms with Crippen LogP contribution in [0.2, 0.25) is 5.02 Å². The lowest BCUT2D eigenvalue weighted by Gasteiger charge is -2.33. The van der Waals surface area contributed by atoms with Gasteiger partial charge in [0.05, 0.1) is 31.9 Å². The van der Waals surface area contributed by atoms with Gasteiger partial charge in [-0.15, -0.1) is 0 Å². The molecule has 12 heteroatoms. The predicted molar refractivity (Wildman–Crippen MR) is 171 cm³/mol. The molecule has 0 aliphatic heterocycles. The van der Waals surface area contributed by atoms with E-state index in [2.05, 4.69) is 5.32 Å². The van der Waals surface area contributed by atoms with Gasteiger partial charge in [0.2, 0.25) is 11.8 Å². The number of hydrogen-bond donors (Lipinski definition) is 1. The normalized spacial score (nSPS) is 12.5. The fourth-order valence-electron chi connectivity index (χ4n) is 4.53. The highest BCUT2D eigenvalue weighted by Gasteiger charge is 2.34. The maximum Gasteiger partial charge on any atom is 0.265 e. The number of carbonyl (C=O) groups is 2. The van der Waals surface area contributed by atoms with Gasteiger partial charge in [0, 0.05) is 23.7 Å². The molecule has 0 fully saturated rings. The van der Waals surface area contributed by atoms with Gasteiger partial charge in [0.25, 0.3) is 10.0 Å². The molecule has 2 atom stereocenters. The van der Waals surface area contributed by atoms with Crippen molar-refractivity contribution in [3.8, 4) is 17.2 Å². The monoisotopic (exact) mass is 645 g/mol. The summed E-state index contributed by atoms with van der Waals surface area (Å²) in [7, 11) is -0.204. The van der Waals surface area contributed by atoms with E-state index in [4.69, 9.17) is 25.8 Å². The number of sulfonamides is 1. The molecule has 0 radical (unpaired) electrons. The number of nitrogens with zero attached hydrogens (tertiary/aromatic N) is 2. The minimum Gasteiger partial charge on any atom is -0.495 e. The highest BCUT2D eigenvalue weighted by atomic mass is 35.5. The van der Waals surface area contributed by atoms with Crippen molar-refractivity contribution in [2.75, 3.05) is 32.2 Å². The number of carbonyl (C=O) groups excluding carboxylic acids is 2. The van der Waals surface area contributed by atoms with E-state index in [9.17, 15) is 18.0 Å². The molecule has 0 aliphatic rings. The Morgan fingerprint density at radius 2 is 1.57 bits per heavy atom. The molecule has 0 heterocycles. The Morgan fingerprint density at radius 1 is 0.909 bits per heavy atom. The number of benzene rings is 3. The van der Waals surface area contributed by atoms with Crippen LogP contribution in [0.15, 0.2) is 65.6 Å². The lowest BCUT2D eigenvalue weighted by Crippen LogP contribution is -2.52. The summed E-state index contributed by atoms with van der Waals surface area (Å²) in [4.78, 5) is 28.7. The molecule has 3 rings (SSSR count). The van der Waals surface area contributed by atoms with Crippen LogP contribution < -0.4 is 23.8 Å². The van der Waals surface area contributed by atoms with Crippen molar-refractivity contribution < 1.29 is 32.2 Å². The van der Waals surface area contributed by atoms with Crippen LogP contribution in [0, 0.1) is 6.92 Å². The number of nitrogens with one attached hydrogen (secondary N) is 1. The van der Waals surface area contributed by atoms with Gasteiger partial charge >= 0.3 is 0 Å². The number of anilines is 1. The molecule has 0 unspecified atom stereocenters. The first-order chi connectivity index (χ1) is 20.9. The summed E-state index contributed by atoms with van der Waals surface area (Å²) in [6.45, 7) is 6.80. The van der Waals surface area contributed by atoms with Gasteiger partial charge < -0.3 is 24.4 Å². The summed E-state index contributed by atoms with van der Waals surface area (Å²) in [5.41, 5.74) is 1.82. The second-order valence-corrected chi connectivity index (χ2v) is 12.6. The summed E-state index contributed by atoms with van der Waals surface area (Å²) in [6, 6.07) is 15.2. The molecule has 44 heavy (non-hydrogen) atoms. The lowest BCUT2D eigenvalue weighted by molar-refractivity contribution is -0.139. The summed E-state index contributed by atoms with van der Waals surface area (Å²) >= 11 is 6.31. The van der Waals surface area contributed by atoms with Crippen molar-refractivity contribution in [1.82, 2.24) is 10.2 Å². The van der Waals surface area contributed by atoms with Crippen LogP contribution in [-0.2, 0) is 26.2 Å². The standard InChI is InChI=1S/C32H40ClN3O7S/c1-8-22(3)34-32(38)23(4)35(19-24-11-9-10-21(2)16-24)31(37)20-36(27-17-25(33)12-14-28(27)41-5)44(39,40)26-13-15-29(42-6)30(18-26)43-7/h9-18,22-23H,8,19-20H2,1-7H3,(H,34,38)/t22-,23+/m0/s1. The second-order valence-electron chi connectivity index (χ2n) is 10.3. The van der Waals surface area contributed by atoms with Crippen LogP contribution in [0.3, 0.4) is 0 Å². The van der Waals surface area contributed by atoms with Crippen LogP contribution in [0.5, 0.6) is 17.2 Å². The van der Waals surface area contributed by atoms with Gasteiger partial charge in [-0.1, -0.05) is 48.4 Å². The average molecular weight is 646 g/mol. The molecule has 0 aromatic heterocycles. The molecular formula is C32H40ClN3O7S. The third kappa shape index (κ3) is 8.15. The zero-order chi connectivity index (χ0) is 32.6. The number of aryl methyl sites for hydroxylation is 1. The molecule has 0 spiro atoms. The van der Waals surface area contributed by atoms with Gasteiger partial charge in [-0.2, -0.15) is 0 Å². The SMILES string of the molecule is CC[C@H](C)NC(=O)[C@@H](C)N(Cc1cccc(C)c1)C(=O)CN(c1cc(Cl)ccc1OC)S(=O)(=O)c1ccc(OC)c(OC)c1. The number of methoxy groups -OCH3 is 3. The zero-order valence-corrected chi connectivity index (χ0v) is 27.7. The largest absolute Gasteiger partial charge is 0.495 e. The number of amides is 2. The average Bonchev–Trinajstić information content (AvgIpc) is 3.01. The molecule has 1 N–H and O–H groups in total. The first kappa shape index (κ1) is 34.5. The number of halogens is 1. The summed E-state index contributed by atoms with van der Waals surface area (Å²) in [5.74, 6) is -0.257. The fraction of sp³-hybridized carbons (Fsp3) is 0.375. The lowest BCUT2D eigenvalue weighted by atomic mass is 10.1. The number of ether oxygens (including phenoxy) is 3. The van der Waals surface area contributed by atoms with Gasteiger partial charge in [-0.25, -0.2) is 8.42 Å². The smallest absolute Gasteiger partial charge is 0.265 e. The van der Waals surface area contributed by atoms with Crippen LogP contribution in [-0.4, -0.2) is 65.1 Å². The van der Waals surface area contributed by atoms with Crippen LogP contribution in [0.25, 0.3) is 0 Å². The van der Waals surface area contributed by atoms with Crippen molar-refractivity contribution in [1.29, 1.82) is 0 Å². The molecule has 0 saturated heterocycles. The summed E-state index contributed by atoms with van der Waals surface area (Å²) in [6.07, 6.45) is 0.705. The van der Waals surface area contributed by atoms with E-state index in [1.54, 1.807) is 13.0 Å². The molecule has 3 aromatic rings. The van der Waals surface area contributed by atoms with E-state index in [0.717, 1.165) is 15.4 Å². The Balaban J connectivity index is 2.15. The van der Waals surface area contributed by atoms with Crippen molar-refractivity contribution in [2.24, 2.45) is 0 Å². The molecule has 2 amide bonds. The van der Waals surface area contributed by atoms with Crippen molar-refractivity contribution in [3.63, 3.8) is 0 Å². The fourth-order valence-corrected chi connectivity index (χ4v) is 6.13. The highest BCUT2D eigenvalue weighted by molar-refractivity contribution is 7.92. The summed E-state index contributed by atoms with van der Waals surface area (Å²) < 4.78 is 45.7. The van der Waals surface area contributed by atoms with Gasteiger partial charge in [0.1, 0.15) is 18.3 Å². The van der Waals surface area contributed by atoms with Crippen LogP contribution >= 0.6 is 11.6 Å². The van der Waals surface area contributed by atoms with Crippen LogP contribution in [0.1, 0.15) is 38.3 Å². The Labute approximate surface area is 264 Å². The van der Waals surface area contributed by atoms with E-state index in [-0.39, 0.29) is 45.6 Å². The van der Waals surface area contributed by atoms with Gasteiger partial charge in [0.15, 0.2) is 11.5 Å². The van der Waals surface area contributed by atoms with E-state index in [0.29, 0.717) is 12.2 Å². The molecule has 238 valence electrons. The maximum absolute atomic E-state index is 14.3. The van der Waals surface area contributed by atoms with E-state index in [1.807, 2.05) is 45.0 Å². The van der Waals surface area contributed by atoms with Gasteiger partial charge in [-0.3, -0.25) is 13.9 Å². The Morgan fingerprint density at radius 3 is 2.18 bits per heavy atom. The Bertz CT molecular complexity index is 1580. The predicted octanol–water partition coefficient (Wildman–Crippen LogP) is 5.20. The molecule has 0 aliphatic carbocycles. The van der Waals surface area contributed by atoms with Crippen molar-refractivity contribution in [2.45, 2.75) is 57.6 Å². The van der Waals surface area contributed by atoms with E-state index >= 15 is 0 Å². The van der Waals surface area contributed by atoms with E-state index < -0.39 is 28.5 Å². The van der Waals surface area contributed by atoms with Crippen molar-refractivity contribution in [3.05, 3.63) is 76.8 Å². The Hall–Kier alpha value is -3.96. The minimum atomic E-state index is -4.43. The first-order valence-corrected chi connectivity index (χ1v) is 15.9. The third-order valence-electron chi connectivity index (χ3n) is 7.24. The van der Waals surface area contributed by atoms with Crippen molar-refractivity contribution >= 4 is 39.1 Å². The van der Waals surface area contributed by atoms with Gasteiger partial charge in [-0.05, 0) is 63.1 Å². The quantitative estimate of drug-likeness (QED) is 0.256. The molecule has 0 bridgehead atoms. The zero-order valence-electron chi connectivity index (χ0n) is 26.1. The molecule has 3 aromatic carbocycles. The van der Waals surface area contributed by atoms with Crippen LogP contribution in [0.4, 0.5) is 5.69 Å². The first-order valence-electron chi connectivity index (χ1n) is 14.1. The molecule has 10 nitrogen and oxygen atoms in total. The van der Waals surface area contributed by atoms with E-state index in [1.165, 1.54) is 56.6 Å². The maximum atomic E-state index is 14.3. The molecule has 0 saturated carbocycles. The highest BCUT2D eigenvalue weighted by Crippen LogP contribution is 2.37. The Kier molecular flexibility index (Phi) is 11.9. The third-order valence-corrected chi connectivity index (χ3v) is 9.23. The molecular weight excluding hydrogens is 606 g/mol. The number of hydrogen-bond acceptors (Lipinski definition) is 7. The second kappa shape index (κ2) is 15.2.